The zero-order chi connectivity index (χ0) is 33.4. The molecule has 6 atom stereocenters. The Kier molecular flexibility index (Phi) is 9.69. The van der Waals surface area contributed by atoms with Gasteiger partial charge in [-0.25, -0.2) is 15.1 Å². The van der Waals surface area contributed by atoms with Crippen molar-refractivity contribution in [3.05, 3.63) is 46.1 Å². The van der Waals surface area contributed by atoms with Crippen LogP contribution in [0.25, 0.3) is 10.9 Å². The number of guanidine groups is 1. The van der Waals surface area contributed by atoms with E-state index in [1.54, 1.807) is 0 Å². The number of carbonyl (C=O) groups is 2. The summed E-state index contributed by atoms with van der Waals surface area (Å²) in [4.78, 5) is 41.9. The van der Waals surface area contributed by atoms with E-state index in [9.17, 15) is 19.7 Å². The van der Waals surface area contributed by atoms with Crippen LogP contribution in [0.1, 0.15) is 72.3 Å². The van der Waals surface area contributed by atoms with Gasteiger partial charge in [-0.2, -0.15) is 0 Å². The molecule has 2 bridgehead atoms. The van der Waals surface area contributed by atoms with Gasteiger partial charge in [0.05, 0.1) is 24.1 Å². The van der Waals surface area contributed by atoms with Crippen LogP contribution in [0.15, 0.2) is 35.5 Å². The van der Waals surface area contributed by atoms with E-state index >= 15 is 0 Å². The summed E-state index contributed by atoms with van der Waals surface area (Å²) in [6.45, 7) is 11.1. The van der Waals surface area contributed by atoms with Crippen LogP contribution in [0, 0.1) is 33.3 Å². The molecule has 3 aliphatic carbocycles. The van der Waals surface area contributed by atoms with Crippen molar-refractivity contribution >= 4 is 35.8 Å². The lowest BCUT2D eigenvalue weighted by atomic mass is 9.43. The second-order valence-electron chi connectivity index (χ2n) is 14.4. The maximum Gasteiger partial charge on any atom is 0.481 e. The first-order valence-electron chi connectivity index (χ1n) is 16.4. The second kappa shape index (κ2) is 13.2. The number of benzene rings is 1. The average Bonchev–Trinajstić information content (AvgIpc) is 3.49. The van der Waals surface area contributed by atoms with Gasteiger partial charge in [-0.1, -0.05) is 51.3 Å². The lowest BCUT2D eigenvalue weighted by Crippen LogP contribution is -2.65. The van der Waals surface area contributed by atoms with Crippen molar-refractivity contribution in [1.82, 2.24) is 20.6 Å². The number of hydrazine groups is 1. The standard InChI is InChI=1S/C32H48BN7O6/c1-19(2)14-27(33-45-26-17-21-16-25(31(21,3)4)32(26,5)46-33)37-29(42)23(11-9-13-35-30(34)38-40(43)44)36-28(41)15-20-18-39(6)24-12-8-7-10-22(20)24/h7-8,10,12,18-19,21,23,25-27H,9,11,13-17H2,1-6H3,(H,36,41)(H,37,42)(H3,34,35,38)/t21-,23+,25-,26-,27+,32+/m1/s1. The molecule has 13 nitrogen and oxygen atoms in total. The zero-order valence-electron chi connectivity index (χ0n) is 27.7. The molecule has 0 spiro atoms. The van der Waals surface area contributed by atoms with Crippen LogP contribution in [0.3, 0.4) is 0 Å². The van der Waals surface area contributed by atoms with Gasteiger partial charge in [0.1, 0.15) is 6.04 Å². The molecule has 1 aromatic carbocycles. The molecule has 46 heavy (non-hydrogen) atoms. The highest BCUT2D eigenvalue weighted by atomic mass is 16.7. The average molecular weight is 638 g/mol. The molecule has 1 saturated heterocycles. The van der Waals surface area contributed by atoms with E-state index in [1.165, 1.54) is 0 Å². The number of hydrogen-bond acceptors (Lipinski definition) is 7. The fourth-order valence-corrected chi connectivity index (χ4v) is 7.98. The molecule has 3 saturated carbocycles. The number of nitrogens with one attached hydrogen (secondary N) is 3. The van der Waals surface area contributed by atoms with Crippen LogP contribution < -0.4 is 21.8 Å². The number of aryl methyl sites for hydroxylation is 1. The summed E-state index contributed by atoms with van der Waals surface area (Å²) in [5, 5.41) is 17.0. The van der Waals surface area contributed by atoms with E-state index in [0.29, 0.717) is 24.7 Å². The Morgan fingerprint density at radius 2 is 1.96 bits per heavy atom. The van der Waals surface area contributed by atoms with E-state index in [4.69, 9.17) is 15.0 Å². The van der Waals surface area contributed by atoms with Crippen molar-refractivity contribution in [1.29, 1.82) is 0 Å². The first kappa shape index (κ1) is 33.7. The van der Waals surface area contributed by atoms with E-state index in [1.807, 2.05) is 47.5 Å². The first-order valence-corrected chi connectivity index (χ1v) is 16.4. The number of aliphatic imine (C=N–C) groups is 1. The molecular formula is C32H48BN7O6. The molecule has 5 N–H and O–H groups in total. The molecular weight excluding hydrogens is 589 g/mol. The summed E-state index contributed by atoms with van der Waals surface area (Å²) < 4.78 is 15.2. The highest BCUT2D eigenvalue weighted by Crippen LogP contribution is 2.65. The molecule has 4 fully saturated rings. The van der Waals surface area contributed by atoms with Crippen LogP contribution in [0.4, 0.5) is 0 Å². The fourth-order valence-electron chi connectivity index (χ4n) is 7.98. The van der Waals surface area contributed by atoms with Crippen molar-refractivity contribution in [2.75, 3.05) is 6.54 Å². The zero-order valence-corrected chi connectivity index (χ0v) is 27.7. The number of nitro groups is 1. The fraction of sp³-hybridized carbons (Fsp3) is 0.656. The quantitative estimate of drug-likeness (QED) is 0.0648. The Hall–Kier alpha value is -3.65. The van der Waals surface area contributed by atoms with Gasteiger partial charge in [0.25, 0.3) is 5.96 Å². The summed E-state index contributed by atoms with van der Waals surface area (Å²) in [5.74, 6) is -0.111. The number of para-hydroxylation sites is 1. The number of amides is 2. The summed E-state index contributed by atoms with van der Waals surface area (Å²) in [7, 11) is 1.34. The van der Waals surface area contributed by atoms with E-state index < -0.39 is 29.7 Å². The Balaban J connectivity index is 1.29. The SMILES string of the molecule is CC(C)C[C@H](NC(=O)[C@H](CCCN=C(N)N[N+](=O)[O-])NC(=O)Cc1cn(C)c2ccccc12)B1O[C@@H]2C[C@H]3C[C@H](C3(C)C)[C@]2(C)O1. The molecule has 2 aromatic rings. The molecule has 6 rings (SSSR count). The van der Waals surface area contributed by atoms with E-state index in [2.05, 4.69) is 50.2 Å². The summed E-state index contributed by atoms with van der Waals surface area (Å²) in [6, 6.07) is 6.99. The van der Waals surface area contributed by atoms with Crippen LogP contribution >= 0.6 is 0 Å². The number of carbonyl (C=O) groups excluding carboxylic acids is 2. The van der Waals surface area contributed by atoms with Crippen molar-refractivity contribution < 1.29 is 23.9 Å². The lowest BCUT2D eigenvalue weighted by molar-refractivity contribution is -0.525. The summed E-state index contributed by atoms with van der Waals surface area (Å²) >= 11 is 0. The Labute approximate surface area is 270 Å². The third-order valence-electron chi connectivity index (χ3n) is 10.5. The molecule has 1 aliphatic heterocycles. The molecule has 2 heterocycles. The number of nitrogens with zero attached hydrogens (tertiary/aromatic N) is 3. The Bertz CT molecular complexity index is 1490. The number of nitrogens with two attached hydrogens (primary N) is 1. The minimum atomic E-state index is -0.872. The maximum absolute atomic E-state index is 13.9. The highest BCUT2D eigenvalue weighted by Gasteiger charge is 2.68. The normalized spacial score (nSPS) is 26.3. The van der Waals surface area contributed by atoms with Crippen molar-refractivity contribution in [2.45, 2.75) is 96.8 Å². The molecule has 4 aliphatic rings. The van der Waals surface area contributed by atoms with E-state index in [0.717, 1.165) is 29.3 Å². The van der Waals surface area contributed by atoms with Gasteiger partial charge in [0.2, 0.25) is 11.8 Å². The largest absolute Gasteiger partial charge is 0.481 e. The van der Waals surface area contributed by atoms with Crippen LogP contribution in [0.2, 0.25) is 0 Å². The Morgan fingerprint density at radius 1 is 1.22 bits per heavy atom. The van der Waals surface area contributed by atoms with Gasteiger partial charge in [-0.15, -0.1) is 0 Å². The molecule has 14 heteroatoms. The molecule has 2 amide bonds. The number of aromatic nitrogens is 1. The smallest absolute Gasteiger partial charge is 0.404 e. The predicted octanol–water partition coefficient (Wildman–Crippen LogP) is 2.88. The van der Waals surface area contributed by atoms with E-state index in [-0.39, 0.29) is 54.6 Å². The summed E-state index contributed by atoms with van der Waals surface area (Å²) in [5.41, 5.74) is 9.03. The topological polar surface area (TPSA) is 175 Å². The van der Waals surface area contributed by atoms with Crippen molar-refractivity contribution in [3.8, 4) is 0 Å². The molecule has 0 radical (unpaired) electrons. The van der Waals surface area contributed by atoms with Crippen molar-refractivity contribution in [3.63, 3.8) is 0 Å². The molecule has 0 unspecified atom stereocenters. The van der Waals surface area contributed by atoms with Crippen LogP contribution in [0.5, 0.6) is 0 Å². The number of rotatable bonds is 13. The van der Waals surface area contributed by atoms with Gasteiger partial charge in [-0.05, 0) is 73.8 Å². The van der Waals surface area contributed by atoms with Crippen LogP contribution in [-0.2, 0) is 32.4 Å². The maximum atomic E-state index is 13.9. The third kappa shape index (κ3) is 6.87. The van der Waals surface area contributed by atoms with Gasteiger partial charge in [-0.3, -0.25) is 9.59 Å². The number of fused-ring (bicyclic) bond motifs is 1. The molecule has 250 valence electrons. The van der Waals surface area contributed by atoms with Gasteiger partial charge < -0.3 is 30.2 Å². The minimum Gasteiger partial charge on any atom is -0.404 e. The highest BCUT2D eigenvalue weighted by molar-refractivity contribution is 6.48. The minimum absolute atomic E-state index is 0.0203. The third-order valence-corrected chi connectivity index (χ3v) is 10.5. The van der Waals surface area contributed by atoms with Crippen LogP contribution in [-0.4, -0.2) is 64.7 Å². The second-order valence-corrected chi connectivity index (χ2v) is 14.4. The lowest BCUT2D eigenvalue weighted by Gasteiger charge is -2.64. The predicted molar refractivity (Wildman–Crippen MR) is 176 cm³/mol. The Morgan fingerprint density at radius 3 is 2.65 bits per heavy atom. The van der Waals surface area contributed by atoms with Gasteiger partial charge in [0, 0.05) is 30.7 Å². The molecule has 1 aromatic heterocycles. The van der Waals surface area contributed by atoms with Crippen molar-refractivity contribution in [2.24, 2.45) is 40.9 Å². The summed E-state index contributed by atoms with van der Waals surface area (Å²) in [6.07, 6.45) is 5.34. The first-order chi connectivity index (χ1) is 21.7. The van der Waals surface area contributed by atoms with Gasteiger partial charge >= 0.3 is 7.12 Å². The van der Waals surface area contributed by atoms with Gasteiger partial charge in [0.15, 0.2) is 5.03 Å². The monoisotopic (exact) mass is 637 g/mol. The number of hydrogen-bond donors (Lipinski definition) is 4.